The van der Waals surface area contributed by atoms with Crippen LogP contribution in [0.5, 0.6) is 5.75 Å². The van der Waals surface area contributed by atoms with Crippen molar-refractivity contribution in [2.45, 2.75) is 0 Å². The molecule has 0 saturated carbocycles. The monoisotopic (exact) mass is 368 g/mol. The number of benzene rings is 2. The van der Waals surface area contributed by atoms with Crippen molar-refractivity contribution in [3.8, 4) is 5.75 Å². The van der Waals surface area contributed by atoms with E-state index in [4.69, 9.17) is 4.74 Å². The minimum absolute atomic E-state index is 0.0767. The lowest BCUT2D eigenvalue weighted by Gasteiger charge is -2.28. The number of hydrogen-bond donors (Lipinski definition) is 1. The average molecular weight is 368 g/mol. The first-order valence-electron chi connectivity index (χ1n) is 8.03. The number of hydrogen-bond acceptors (Lipinski definition) is 5. The molecule has 1 aromatic heterocycles. The van der Waals surface area contributed by atoms with Gasteiger partial charge in [0.15, 0.2) is 6.61 Å². The zero-order valence-electron chi connectivity index (χ0n) is 14.0. The van der Waals surface area contributed by atoms with Gasteiger partial charge in [-0.2, -0.15) is 0 Å². The van der Waals surface area contributed by atoms with Gasteiger partial charge in [-0.3, -0.25) is 14.5 Å². The molecule has 7 nitrogen and oxygen atoms in total. The SMILES string of the molecule is Cn1/c(=N/NC(=O)CN2C(=O)COc3ccccc32)sc2ccccc21. The van der Waals surface area contributed by atoms with Crippen molar-refractivity contribution in [1.82, 2.24) is 9.99 Å². The highest BCUT2D eigenvalue weighted by molar-refractivity contribution is 7.16. The van der Waals surface area contributed by atoms with Crippen LogP contribution in [0.2, 0.25) is 0 Å². The third-order valence-electron chi connectivity index (χ3n) is 4.10. The number of carbonyl (C=O) groups is 2. The van der Waals surface area contributed by atoms with Crippen molar-refractivity contribution in [3.05, 3.63) is 53.3 Å². The minimum Gasteiger partial charge on any atom is -0.482 e. The standard InChI is InChI=1S/C18H16N4O3S/c1-21-13-7-3-5-9-15(13)26-18(21)20-19-16(23)10-22-12-6-2-4-8-14(12)25-11-17(22)24/h2-9H,10-11H2,1H3,(H,19,23)/b20-18-. The summed E-state index contributed by atoms with van der Waals surface area (Å²) >= 11 is 1.48. The van der Waals surface area contributed by atoms with Gasteiger partial charge in [-0.15, -0.1) is 5.10 Å². The number of aromatic nitrogens is 1. The number of nitrogens with one attached hydrogen (secondary N) is 1. The largest absolute Gasteiger partial charge is 0.482 e. The predicted molar refractivity (Wildman–Crippen MR) is 98.8 cm³/mol. The maximum atomic E-state index is 12.3. The van der Waals surface area contributed by atoms with Gasteiger partial charge in [0.1, 0.15) is 12.3 Å². The van der Waals surface area contributed by atoms with Crippen LogP contribution in [0.1, 0.15) is 0 Å². The molecule has 2 amide bonds. The summed E-state index contributed by atoms with van der Waals surface area (Å²) in [5.41, 5.74) is 4.17. The third-order valence-corrected chi connectivity index (χ3v) is 5.21. The molecule has 1 aliphatic rings. The van der Waals surface area contributed by atoms with Crippen LogP contribution in [0, 0.1) is 0 Å². The quantitative estimate of drug-likeness (QED) is 0.714. The Hall–Kier alpha value is -3.13. The molecule has 0 aliphatic carbocycles. The first-order chi connectivity index (χ1) is 12.6. The number of amides is 2. The number of fused-ring (bicyclic) bond motifs is 2. The zero-order valence-corrected chi connectivity index (χ0v) is 14.8. The van der Waals surface area contributed by atoms with Crippen molar-refractivity contribution in [2.75, 3.05) is 18.1 Å². The molecule has 8 heteroatoms. The Morgan fingerprint density at radius 3 is 2.85 bits per heavy atom. The molecule has 132 valence electrons. The van der Waals surface area contributed by atoms with Crippen molar-refractivity contribution >= 4 is 39.1 Å². The van der Waals surface area contributed by atoms with E-state index in [1.807, 2.05) is 41.9 Å². The number of anilines is 1. The Balaban J connectivity index is 1.54. The highest BCUT2D eigenvalue weighted by Crippen LogP contribution is 2.31. The predicted octanol–water partition coefficient (Wildman–Crippen LogP) is 1.60. The Bertz CT molecular complexity index is 1070. The number of aryl methyl sites for hydroxylation is 1. The van der Waals surface area contributed by atoms with Crippen LogP contribution < -0.4 is 19.9 Å². The zero-order chi connectivity index (χ0) is 18.1. The summed E-state index contributed by atoms with van der Waals surface area (Å²) < 4.78 is 8.37. The maximum Gasteiger partial charge on any atom is 0.265 e. The fourth-order valence-corrected chi connectivity index (χ4v) is 3.78. The summed E-state index contributed by atoms with van der Waals surface area (Å²) in [5, 5.41) is 4.20. The number of para-hydroxylation sites is 3. The van der Waals surface area contributed by atoms with Gasteiger partial charge >= 0.3 is 0 Å². The van der Waals surface area contributed by atoms with Crippen LogP contribution in [0.15, 0.2) is 53.6 Å². The van der Waals surface area contributed by atoms with E-state index in [0.717, 1.165) is 10.2 Å². The van der Waals surface area contributed by atoms with E-state index >= 15 is 0 Å². The van der Waals surface area contributed by atoms with E-state index in [0.29, 0.717) is 16.2 Å². The van der Waals surface area contributed by atoms with Crippen LogP contribution in [-0.2, 0) is 16.6 Å². The second-order valence-electron chi connectivity index (χ2n) is 5.79. The molecule has 0 atom stereocenters. The lowest BCUT2D eigenvalue weighted by atomic mass is 10.2. The molecule has 0 spiro atoms. The number of nitrogens with zero attached hydrogens (tertiary/aromatic N) is 3. The summed E-state index contributed by atoms with van der Waals surface area (Å²) in [6, 6.07) is 15.1. The molecule has 26 heavy (non-hydrogen) atoms. The molecule has 3 aromatic rings. The molecular weight excluding hydrogens is 352 g/mol. The van der Waals surface area contributed by atoms with Crippen LogP contribution in [0.3, 0.4) is 0 Å². The second kappa shape index (κ2) is 6.64. The van der Waals surface area contributed by atoms with Gasteiger partial charge in [0.25, 0.3) is 11.8 Å². The van der Waals surface area contributed by atoms with Crippen LogP contribution in [0.25, 0.3) is 10.2 Å². The topological polar surface area (TPSA) is 75.9 Å². The Morgan fingerprint density at radius 2 is 2.00 bits per heavy atom. The first-order valence-corrected chi connectivity index (χ1v) is 8.84. The lowest BCUT2D eigenvalue weighted by Crippen LogP contribution is -2.44. The minimum atomic E-state index is -0.368. The van der Waals surface area contributed by atoms with E-state index in [1.54, 1.807) is 18.2 Å². The molecule has 0 fully saturated rings. The number of ether oxygens (including phenoxy) is 1. The van der Waals surface area contributed by atoms with Crippen LogP contribution >= 0.6 is 11.3 Å². The number of thiazole rings is 1. The highest BCUT2D eigenvalue weighted by atomic mass is 32.1. The molecule has 0 bridgehead atoms. The van der Waals surface area contributed by atoms with Crippen LogP contribution in [-0.4, -0.2) is 29.5 Å². The van der Waals surface area contributed by atoms with Gasteiger partial charge in [-0.05, 0) is 24.3 Å². The second-order valence-corrected chi connectivity index (χ2v) is 6.80. The molecular formula is C18H16N4O3S. The summed E-state index contributed by atoms with van der Waals surface area (Å²) in [7, 11) is 1.89. The molecule has 1 aliphatic heterocycles. The first kappa shape index (κ1) is 16.3. The average Bonchev–Trinajstić information content (AvgIpc) is 2.99. The normalized spacial score (nSPS) is 14.3. The van der Waals surface area contributed by atoms with Gasteiger partial charge < -0.3 is 9.30 Å². The molecule has 0 unspecified atom stereocenters. The van der Waals surface area contributed by atoms with E-state index in [9.17, 15) is 9.59 Å². The molecule has 4 rings (SSSR count). The van der Waals surface area contributed by atoms with Gasteiger partial charge in [0.05, 0.1) is 15.9 Å². The molecule has 0 radical (unpaired) electrons. The summed E-state index contributed by atoms with van der Waals surface area (Å²) in [5.74, 6) is -0.0356. The smallest absolute Gasteiger partial charge is 0.265 e. The molecule has 0 saturated heterocycles. The van der Waals surface area contributed by atoms with Crippen LogP contribution in [0.4, 0.5) is 5.69 Å². The van der Waals surface area contributed by atoms with Crippen molar-refractivity contribution in [1.29, 1.82) is 0 Å². The summed E-state index contributed by atoms with van der Waals surface area (Å²) in [6.45, 7) is -0.190. The van der Waals surface area contributed by atoms with E-state index in [-0.39, 0.29) is 25.0 Å². The Kier molecular flexibility index (Phi) is 4.18. The number of rotatable bonds is 3. The number of carbonyl (C=O) groups excluding carboxylic acids is 2. The van der Waals surface area contributed by atoms with E-state index < -0.39 is 0 Å². The van der Waals surface area contributed by atoms with E-state index in [1.165, 1.54) is 16.2 Å². The van der Waals surface area contributed by atoms with Gasteiger partial charge in [0.2, 0.25) is 4.80 Å². The maximum absolute atomic E-state index is 12.3. The molecule has 2 heterocycles. The fraction of sp³-hybridized carbons (Fsp3) is 0.167. The Morgan fingerprint density at radius 1 is 1.23 bits per heavy atom. The summed E-state index contributed by atoms with van der Waals surface area (Å²) in [6.07, 6.45) is 0. The van der Waals surface area contributed by atoms with Gasteiger partial charge in [-0.25, -0.2) is 5.43 Å². The third kappa shape index (κ3) is 2.95. The van der Waals surface area contributed by atoms with Gasteiger partial charge in [-0.1, -0.05) is 35.6 Å². The molecule has 1 N–H and O–H groups in total. The fourth-order valence-electron chi connectivity index (χ4n) is 2.80. The van der Waals surface area contributed by atoms with Crippen molar-refractivity contribution in [2.24, 2.45) is 12.1 Å². The van der Waals surface area contributed by atoms with Crippen molar-refractivity contribution in [3.63, 3.8) is 0 Å². The summed E-state index contributed by atoms with van der Waals surface area (Å²) in [4.78, 5) is 26.5. The Labute approximate surface area is 153 Å². The van der Waals surface area contributed by atoms with Gasteiger partial charge in [0, 0.05) is 7.05 Å². The lowest BCUT2D eigenvalue weighted by molar-refractivity contribution is -0.125. The van der Waals surface area contributed by atoms with Crippen molar-refractivity contribution < 1.29 is 14.3 Å². The highest BCUT2D eigenvalue weighted by Gasteiger charge is 2.26. The van der Waals surface area contributed by atoms with E-state index in [2.05, 4.69) is 10.5 Å². The molecule has 2 aromatic carbocycles.